The first kappa shape index (κ1) is 21.5. The van der Waals surface area contributed by atoms with Crippen LogP contribution in [0.25, 0.3) is 6.08 Å². The van der Waals surface area contributed by atoms with E-state index >= 15 is 0 Å². The number of hydrogen-bond acceptors (Lipinski definition) is 2. The minimum atomic E-state index is -0.679. The molecule has 1 rings (SSSR count). The minimum absolute atomic E-state index is 0.311. The second kappa shape index (κ2) is 12.8. The van der Waals surface area contributed by atoms with Crippen LogP contribution < -0.4 is 0 Å². The molecule has 25 heavy (non-hydrogen) atoms. The number of allylic oxidation sites excluding steroid dienone is 1. The monoisotopic (exact) mass is 348 g/mol. The van der Waals surface area contributed by atoms with Crippen LogP contribution in [-0.4, -0.2) is 11.1 Å². The fourth-order valence-electron chi connectivity index (χ4n) is 3.05. The highest BCUT2D eigenvalue weighted by Crippen LogP contribution is 2.24. The molecule has 0 atom stereocenters. The molecular weight excluding hydrogens is 312 g/mol. The van der Waals surface area contributed by atoms with Crippen LogP contribution in [0.4, 0.5) is 0 Å². The van der Waals surface area contributed by atoms with E-state index < -0.39 is 5.97 Å². The van der Waals surface area contributed by atoms with E-state index in [4.69, 9.17) is 9.52 Å². The van der Waals surface area contributed by atoms with E-state index in [9.17, 15) is 4.79 Å². The van der Waals surface area contributed by atoms with Crippen molar-refractivity contribution in [2.75, 3.05) is 0 Å². The van der Waals surface area contributed by atoms with Crippen LogP contribution >= 0.6 is 0 Å². The smallest absolute Gasteiger partial charge is 0.303 e. The van der Waals surface area contributed by atoms with Gasteiger partial charge < -0.3 is 9.52 Å². The predicted molar refractivity (Wildman–Crippen MR) is 105 cm³/mol. The Hall–Kier alpha value is -1.51. The Bertz CT molecular complexity index is 526. The van der Waals surface area contributed by atoms with E-state index in [0.717, 1.165) is 43.6 Å². The third-order valence-electron chi connectivity index (χ3n) is 4.87. The Balaban J connectivity index is 2.21. The molecule has 3 nitrogen and oxygen atoms in total. The zero-order chi connectivity index (χ0) is 18.5. The highest BCUT2D eigenvalue weighted by Gasteiger charge is 2.10. The highest BCUT2D eigenvalue weighted by atomic mass is 16.4. The first-order valence-corrected chi connectivity index (χ1v) is 10.0. The van der Waals surface area contributed by atoms with Gasteiger partial charge in [-0.3, -0.25) is 4.79 Å². The average molecular weight is 349 g/mol. The fraction of sp³-hybridized carbons (Fsp3) is 0.682. The number of carbonyl (C=O) groups is 1. The molecule has 0 spiro atoms. The molecule has 0 bridgehead atoms. The lowest BCUT2D eigenvalue weighted by Crippen LogP contribution is -1.93. The predicted octanol–water partition coefficient (Wildman–Crippen LogP) is 6.85. The summed E-state index contributed by atoms with van der Waals surface area (Å²) in [7, 11) is 0. The van der Waals surface area contributed by atoms with Crippen LogP contribution in [0.15, 0.2) is 10.5 Å². The van der Waals surface area contributed by atoms with E-state index in [1.165, 1.54) is 49.7 Å². The van der Waals surface area contributed by atoms with Crippen LogP contribution in [0.1, 0.15) is 100 Å². The maximum Gasteiger partial charge on any atom is 0.303 e. The maximum absolute atomic E-state index is 10.4. The molecular formula is C22H36O3. The summed E-state index contributed by atoms with van der Waals surface area (Å²) in [6, 6.07) is 0. The Labute approximate surface area is 153 Å². The number of furan rings is 1. The van der Waals surface area contributed by atoms with Gasteiger partial charge in [-0.05, 0) is 56.7 Å². The zero-order valence-electron chi connectivity index (χ0n) is 16.4. The van der Waals surface area contributed by atoms with Gasteiger partial charge in [-0.1, -0.05) is 51.5 Å². The molecule has 0 amide bonds. The number of carboxylic acids is 1. The fourth-order valence-corrected chi connectivity index (χ4v) is 3.05. The summed E-state index contributed by atoms with van der Waals surface area (Å²) in [5, 5.41) is 8.58. The number of aryl methyl sites for hydroxylation is 1. The number of aliphatic carboxylic acids is 1. The van der Waals surface area contributed by atoms with Crippen molar-refractivity contribution in [3.63, 3.8) is 0 Å². The molecule has 1 aromatic heterocycles. The van der Waals surface area contributed by atoms with E-state index in [1.807, 2.05) is 0 Å². The lowest BCUT2D eigenvalue weighted by atomic mass is 10.1. The van der Waals surface area contributed by atoms with Crippen LogP contribution in [0.2, 0.25) is 0 Å². The molecule has 0 fully saturated rings. The van der Waals surface area contributed by atoms with Crippen molar-refractivity contribution in [2.45, 2.75) is 97.8 Å². The molecule has 142 valence electrons. The number of carboxylic acid groups (broad SMARTS) is 1. The van der Waals surface area contributed by atoms with Crippen molar-refractivity contribution in [3.05, 3.63) is 28.7 Å². The van der Waals surface area contributed by atoms with E-state index in [-0.39, 0.29) is 0 Å². The van der Waals surface area contributed by atoms with Crippen LogP contribution in [0.3, 0.4) is 0 Å². The van der Waals surface area contributed by atoms with Gasteiger partial charge in [-0.15, -0.1) is 0 Å². The summed E-state index contributed by atoms with van der Waals surface area (Å²) in [6.45, 7) is 6.55. The van der Waals surface area contributed by atoms with Crippen LogP contribution in [-0.2, 0) is 11.2 Å². The molecule has 1 aromatic rings. The van der Waals surface area contributed by atoms with Gasteiger partial charge in [0.2, 0.25) is 0 Å². The van der Waals surface area contributed by atoms with E-state index in [2.05, 4.69) is 32.9 Å². The number of unbranched alkanes of at least 4 members (excludes halogenated alkanes) is 8. The molecule has 0 aliphatic carbocycles. The summed E-state index contributed by atoms with van der Waals surface area (Å²) < 4.78 is 6.05. The summed E-state index contributed by atoms with van der Waals surface area (Å²) in [5.74, 6) is 1.51. The number of hydrogen-bond donors (Lipinski definition) is 1. The summed E-state index contributed by atoms with van der Waals surface area (Å²) in [6.07, 6.45) is 17.1. The van der Waals surface area contributed by atoms with Crippen molar-refractivity contribution in [3.8, 4) is 0 Å². The molecule has 0 aliphatic rings. The van der Waals surface area contributed by atoms with Gasteiger partial charge in [-0.25, -0.2) is 0 Å². The van der Waals surface area contributed by atoms with Gasteiger partial charge in [0.25, 0.3) is 0 Å². The molecule has 0 aliphatic heterocycles. The first-order valence-electron chi connectivity index (χ1n) is 10.0. The van der Waals surface area contributed by atoms with Crippen molar-refractivity contribution >= 4 is 12.0 Å². The van der Waals surface area contributed by atoms with Gasteiger partial charge >= 0.3 is 5.97 Å². The van der Waals surface area contributed by atoms with Crippen molar-refractivity contribution < 1.29 is 14.3 Å². The molecule has 0 radical (unpaired) electrons. The molecule has 0 aromatic carbocycles. The SMILES string of the molecule is CCCCCc1oc(/C=C/CCCCCCCCC(=O)O)c(C)c1C. The van der Waals surface area contributed by atoms with E-state index in [1.54, 1.807) is 0 Å². The van der Waals surface area contributed by atoms with Crippen LogP contribution in [0, 0.1) is 13.8 Å². The van der Waals surface area contributed by atoms with Gasteiger partial charge in [0.05, 0.1) is 0 Å². The van der Waals surface area contributed by atoms with Crippen molar-refractivity contribution in [1.29, 1.82) is 0 Å². The summed E-state index contributed by atoms with van der Waals surface area (Å²) >= 11 is 0. The molecule has 3 heteroatoms. The standard InChI is InChI=1S/C22H36O3/c1-4-5-12-15-20-18(2)19(3)21(25-20)16-13-10-8-6-7-9-11-14-17-22(23)24/h13,16H,4-12,14-15,17H2,1-3H3,(H,23,24)/b16-13+. The molecule has 1 heterocycles. The Morgan fingerprint density at radius 1 is 0.960 bits per heavy atom. The van der Waals surface area contributed by atoms with Crippen molar-refractivity contribution in [1.82, 2.24) is 0 Å². The minimum Gasteiger partial charge on any atom is -0.481 e. The Morgan fingerprint density at radius 2 is 1.64 bits per heavy atom. The average Bonchev–Trinajstić information content (AvgIpc) is 2.84. The maximum atomic E-state index is 10.4. The number of rotatable bonds is 14. The molecule has 0 unspecified atom stereocenters. The molecule has 0 saturated heterocycles. The van der Waals surface area contributed by atoms with E-state index in [0.29, 0.717) is 6.42 Å². The first-order chi connectivity index (χ1) is 12.1. The second-order valence-electron chi connectivity index (χ2n) is 7.05. The molecule has 0 saturated carbocycles. The topological polar surface area (TPSA) is 50.4 Å². The second-order valence-corrected chi connectivity index (χ2v) is 7.05. The third kappa shape index (κ3) is 8.94. The summed E-state index contributed by atoms with van der Waals surface area (Å²) in [5.41, 5.74) is 2.60. The largest absolute Gasteiger partial charge is 0.481 e. The van der Waals surface area contributed by atoms with Crippen LogP contribution in [0.5, 0.6) is 0 Å². The van der Waals surface area contributed by atoms with Gasteiger partial charge in [0.1, 0.15) is 11.5 Å². The lowest BCUT2D eigenvalue weighted by molar-refractivity contribution is -0.137. The lowest BCUT2D eigenvalue weighted by Gasteiger charge is -1.99. The quantitative estimate of drug-likeness (QED) is 0.374. The third-order valence-corrected chi connectivity index (χ3v) is 4.87. The Morgan fingerprint density at radius 3 is 2.32 bits per heavy atom. The summed E-state index contributed by atoms with van der Waals surface area (Å²) in [4.78, 5) is 10.4. The normalized spacial score (nSPS) is 11.5. The highest BCUT2D eigenvalue weighted by molar-refractivity contribution is 5.66. The van der Waals surface area contributed by atoms with Gasteiger partial charge in [0, 0.05) is 12.8 Å². The molecule has 1 N–H and O–H groups in total. The van der Waals surface area contributed by atoms with Gasteiger partial charge in [0.15, 0.2) is 0 Å². The zero-order valence-corrected chi connectivity index (χ0v) is 16.4. The van der Waals surface area contributed by atoms with Gasteiger partial charge in [-0.2, -0.15) is 0 Å². The Kier molecular flexibility index (Phi) is 11.0. The van der Waals surface area contributed by atoms with Crippen molar-refractivity contribution in [2.24, 2.45) is 0 Å².